The Morgan fingerprint density at radius 3 is 1.43 bits per heavy atom. The predicted molar refractivity (Wildman–Crippen MR) is 184 cm³/mol. The van der Waals surface area contributed by atoms with Gasteiger partial charge in [-0.3, -0.25) is 4.79 Å². The van der Waals surface area contributed by atoms with Crippen molar-refractivity contribution < 1.29 is 19.4 Å². The van der Waals surface area contributed by atoms with Gasteiger partial charge in [0.15, 0.2) is 5.78 Å². The van der Waals surface area contributed by atoms with E-state index in [0.29, 0.717) is 5.56 Å². The lowest BCUT2D eigenvalue weighted by Gasteiger charge is -2.18. The Bertz CT molecular complexity index is 1510. The molecule has 0 heterocycles. The molecule has 4 aromatic rings. The zero-order chi connectivity index (χ0) is 32.3. The lowest BCUT2D eigenvalue weighted by atomic mass is 9.86. The molecular weight excluding hydrogens is 544 g/mol. The van der Waals surface area contributed by atoms with Crippen LogP contribution in [0.2, 0.25) is 0 Å². The topological polar surface area (TPSA) is 55.8 Å². The second-order valence-electron chi connectivity index (χ2n) is 12.7. The molecule has 0 bridgehead atoms. The number of carbonyl (C=O) groups is 1. The van der Waals surface area contributed by atoms with Crippen LogP contribution in [-0.2, 0) is 10.8 Å². The van der Waals surface area contributed by atoms with Crippen LogP contribution in [0.25, 0.3) is 12.2 Å². The fourth-order valence-electron chi connectivity index (χ4n) is 4.33. The van der Waals surface area contributed by atoms with Crippen molar-refractivity contribution in [2.75, 3.05) is 14.2 Å². The average Bonchev–Trinajstić information content (AvgIpc) is 3.02. The summed E-state index contributed by atoms with van der Waals surface area (Å²) in [6.45, 7) is 13.2. The van der Waals surface area contributed by atoms with Gasteiger partial charge in [0.1, 0.15) is 11.5 Å². The summed E-state index contributed by atoms with van der Waals surface area (Å²) >= 11 is 0. The molecule has 0 amide bonds. The lowest BCUT2D eigenvalue weighted by Crippen LogP contribution is -2.10. The number of ketones is 1. The minimum absolute atomic E-state index is 0.0115. The Labute approximate surface area is 263 Å². The quantitative estimate of drug-likeness (QED) is 0.164. The van der Waals surface area contributed by atoms with Crippen molar-refractivity contribution in [3.63, 3.8) is 0 Å². The smallest absolute Gasteiger partial charge is 0.185 e. The molecule has 44 heavy (non-hydrogen) atoms. The Balaban J connectivity index is 0.000000240. The van der Waals surface area contributed by atoms with Crippen molar-refractivity contribution in [1.82, 2.24) is 0 Å². The fraction of sp³-hybridized carbons (Fsp3) is 0.275. The van der Waals surface area contributed by atoms with Gasteiger partial charge in [-0.05, 0) is 81.1 Å². The summed E-state index contributed by atoms with van der Waals surface area (Å²) in [6.07, 6.45) is 6.58. The second-order valence-corrected chi connectivity index (χ2v) is 12.7. The minimum Gasteiger partial charge on any atom is -0.497 e. The molecule has 0 saturated heterocycles. The first-order valence-corrected chi connectivity index (χ1v) is 14.9. The van der Waals surface area contributed by atoms with Crippen LogP contribution in [0, 0.1) is 0 Å². The van der Waals surface area contributed by atoms with Gasteiger partial charge in [-0.1, -0.05) is 120 Å². The molecule has 0 radical (unpaired) electrons. The van der Waals surface area contributed by atoms with Crippen LogP contribution in [0.15, 0.2) is 109 Å². The molecule has 4 aromatic carbocycles. The highest BCUT2D eigenvalue weighted by Gasteiger charge is 2.13. The Morgan fingerprint density at radius 2 is 1.02 bits per heavy atom. The summed E-state index contributed by atoms with van der Waals surface area (Å²) in [5.74, 6) is 1.53. The molecule has 4 rings (SSSR count). The van der Waals surface area contributed by atoms with Crippen LogP contribution in [0.3, 0.4) is 0 Å². The number of allylic oxidation sites excluding steroid dienone is 1. The lowest BCUT2D eigenvalue weighted by molar-refractivity contribution is 0.104. The Kier molecular flexibility index (Phi) is 11.9. The van der Waals surface area contributed by atoms with Gasteiger partial charge < -0.3 is 14.6 Å². The zero-order valence-corrected chi connectivity index (χ0v) is 27.3. The molecule has 4 heteroatoms. The van der Waals surface area contributed by atoms with Gasteiger partial charge in [-0.15, -0.1) is 0 Å². The van der Waals surface area contributed by atoms with Gasteiger partial charge in [0.2, 0.25) is 0 Å². The zero-order valence-electron chi connectivity index (χ0n) is 27.3. The number of ether oxygens (including phenoxy) is 2. The first kappa shape index (κ1) is 34.1. The van der Waals surface area contributed by atoms with Gasteiger partial charge in [-0.2, -0.15) is 0 Å². The van der Waals surface area contributed by atoms with E-state index in [2.05, 4.69) is 77.9 Å². The number of rotatable bonds is 8. The average molecular weight is 591 g/mol. The molecule has 1 unspecified atom stereocenters. The molecule has 4 nitrogen and oxygen atoms in total. The first-order chi connectivity index (χ1) is 20.8. The number of carbonyl (C=O) groups excluding carboxylic acids is 1. The van der Waals surface area contributed by atoms with Gasteiger partial charge in [0, 0.05) is 5.56 Å². The second kappa shape index (κ2) is 15.4. The molecule has 0 spiro atoms. The van der Waals surface area contributed by atoms with Crippen LogP contribution < -0.4 is 9.47 Å². The largest absolute Gasteiger partial charge is 0.497 e. The molecule has 230 valence electrons. The van der Waals surface area contributed by atoms with E-state index in [-0.39, 0.29) is 16.6 Å². The van der Waals surface area contributed by atoms with Crippen molar-refractivity contribution in [1.29, 1.82) is 0 Å². The van der Waals surface area contributed by atoms with Crippen LogP contribution in [-0.4, -0.2) is 25.1 Å². The van der Waals surface area contributed by atoms with Gasteiger partial charge in [0.05, 0.1) is 20.3 Å². The van der Waals surface area contributed by atoms with E-state index in [1.165, 1.54) is 11.1 Å². The maximum atomic E-state index is 12.1. The SMILES string of the molecule is COc1ccc(C(=O)/C=C/c2ccc(C(C)(C)C)cc2)cc1.COc1ccc(C(O)/C=C/c2ccc(C(C)(C)C)cc2)cc1. The minimum atomic E-state index is -0.617. The van der Waals surface area contributed by atoms with E-state index in [1.807, 2.05) is 48.6 Å². The van der Waals surface area contributed by atoms with Crippen LogP contribution in [0.1, 0.15) is 85.8 Å². The number of methoxy groups -OCH3 is 2. The third kappa shape index (κ3) is 10.4. The highest BCUT2D eigenvalue weighted by molar-refractivity contribution is 6.06. The van der Waals surface area contributed by atoms with Crippen molar-refractivity contribution in [3.05, 3.63) is 143 Å². The highest BCUT2D eigenvalue weighted by Crippen LogP contribution is 2.24. The van der Waals surface area contributed by atoms with Crippen LogP contribution in [0.5, 0.6) is 11.5 Å². The monoisotopic (exact) mass is 590 g/mol. The summed E-state index contributed by atoms with van der Waals surface area (Å²) in [7, 11) is 3.24. The Hall–Kier alpha value is -4.41. The molecule has 0 fully saturated rings. The van der Waals surface area contributed by atoms with Crippen molar-refractivity contribution >= 4 is 17.9 Å². The molecule has 0 aromatic heterocycles. The van der Waals surface area contributed by atoms with E-state index in [1.54, 1.807) is 50.6 Å². The third-order valence-electron chi connectivity index (χ3n) is 7.28. The van der Waals surface area contributed by atoms with Gasteiger partial charge in [-0.25, -0.2) is 0 Å². The maximum Gasteiger partial charge on any atom is 0.185 e. The van der Waals surface area contributed by atoms with E-state index in [9.17, 15) is 9.90 Å². The molecule has 0 aliphatic heterocycles. The Morgan fingerprint density at radius 1 is 0.614 bits per heavy atom. The van der Waals surface area contributed by atoms with Crippen molar-refractivity contribution in [2.24, 2.45) is 0 Å². The molecule has 0 aliphatic rings. The standard InChI is InChI=1S/C20H24O2.C20H22O2/c2*1-20(2,3)17-10-5-15(6-11-17)7-14-19(21)16-8-12-18(22-4)13-9-16/h5-14,19,21H,1-4H3;5-14H,1-4H3/b2*14-7+. The highest BCUT2D eigenvalue weighted by atomic mass is 16.5. The number of hydrogen-bond acceptors (Lipinski definition) is 4. The molecular formula is C40H46O4. The van der Waals surface area contributed by atoms with Crippen LogP contribution in [0.4, 0.5) is 0 Å². The normalized spacial score (nSPS) is 12.5. The molecule has 1 atom stereocenters. The summed E-state index contributed by atoms with van der Waals surface area (Å²) in [6, 6.07) is 31.3. The summed E-state index contributed by atoms with van der Waals surface area (Å²) < 4.78 is 10.2. The summed E-state index contributed by atoms with van der Waals surface area (Å²) in [5, 5.41) is 10.2. The maximum absolute atomic E-state index is 12.1. The van der Waals surface area contributed by atoms with E-state index in [0.717, 1.165) is 28.2 Å². The van der Waals surface area contributed by atoms with Gasteiger partial charge >= 0.3 is 0 Å². The molecule has 0 aliphatic carbocycles. The molecule has 1 N–H and O–H groups in total. The number of aliphatic hydroxyl groups excluding tert-OH is 1. The first-order valence-electron chi connectivity index (χ1n) is 14.9. The number of benzene rings is 4. The third-order valence-corrected chi connectivity index (χ3v) is 7.28. The number of aliphatic hydroxyl groups is 1. The summed E-state index contributed by atoms with van der Waals surface area (Å²) in [5.41, 5.74) is 6.50. The van der Waals surface area contributed by atoms with Gasteiger partial charge in [0.25, 0.3) is 0 Å². The summed E-state index contributed by atoms with van der Waals surface area (Å²) in [4.78, 5) is 12.1. The fourth-order valence-corrected chi connectivity index (χ4v) is 4.33. The van der Waals surface area contributed by atoms with Crippen LogP contribution >= 0.6 is 0 Å². The molecule has 0 saturated carbocycles. The number of hydrogen-bond donors (Lipinski definition) is 1. The predicted octanol–water partition coefficient (Wildman–Crippen LogP) is 9.63. The van der Waals surface area contributed by atoms with Crippen molar-refractivity contribution in [2.45, 2.75) is 58.5 Å². The van der Waals surface area contributed by atoms with E-state index >= 15 is 0 Å². The van der Waals surface area contributed by atoms with Crippen molar-refractivity contribution in [3.8, 4) is 11.5 Å². The van der Waals surface area contributed by atoms with E-state index < -0.39 is 6.10 Å². The van der Waals surface area contributed by atoms with E-state index in [4.69, 9.17) is 9.47 Å².